The molecule has 0 amide bonds. The van der Waals surface area contributed by atoms with E-state index in [-0.39, 0.29) is 70.6 Å². The molecule has 0 aromatic carbocycles. The fourth-order valence-electron chi connectivity index (χ4n) is 0.628. The first kappa shape index (κ1) is 24.8. The minimum atomic E-state index is -5.07. The van der Waals surface area contributed by atoms with Gasteiger partial charge in [-0.05, 0) is 0 Å². The summed E-state index contributed by atoms with van der Waals surface area (Å²) in [4.78, 5) is 30.4. The minimum Gasteiger partial charge on any atom is -0.790 e. The van der Waals surface area contributed by atoms with E-state index in [0.717, 1.165) is 11.8 Å². The van der Waals surface area contributed by atoms with Gasteiger partial charge in [-0.3, -0.25) is 4.79 Å². The molecule has 4 N–H and O–H groups in total. The SMILES string of the molecule is NC(CSCC(O)COP(=O)([O-])[O-])C(=O)O.[Na+].[Na+]. The Kier molecular flexibility index (Phi) is 17.4. The van der Waals surface area contributed by atoms with Crippen molar-refractivity contribution in [3.63, 3.8) is 0 Å². The number of phosphoric ester groups is 1. The number of thioether (sulfide) groups is 1. The van der Waals surface area contributed by atoms with E-state index in [2.05, 4.69) is 4.52 Å². The summed E-state index contributed by atoms with van der Waals surface area (Å²) in [5, 5.41) is 17.5. The summed E-state index contributed by atoms with van der Waals surface area (Å²) in [6.07, 6.45) is -1.16. The van der Waals surface area contributed by atoms with E-state index in [0.29, 0.717) is 0 Å². The molecule has 12 heteroatoms. The number of carboxylic acids is 1. The summed E-state index contributed by atoms with van der Waals surface area (Å²) >= 11 is 1.02. The first-order valence-electron chi connectivity index (χ1n) is 4.13. The van der Waals surface area contributed by atoms with E-state index >= 15 is 0 Å². The molecule has 0 aliphatic carbocycles. The molecule has 0 bridgehead atoms. The average Bonchev–Trinajstić information content (AvgIpc) is 2.13. The molecule has 0 fully saturated rings. The third-order valence-electron chi connectivity index (χ3n) is 1.35. The van der Waals surface area contributed by atoms with Gasteiger partial charge in [-0.2, -0.15) is 11.8 Å². The Morgan fingerprint density at radius 3 is 2.28 bits per heavy atom. The normalized spacial score (nSPS) is 14.0. The topological polar surface area (TPSA) is 156 Å². The molecule has 0 saturated carbocycles. The fourth-order valence-corrected chi connectivity index (χ4v) is 1.88. The number of rotatable bonds is 8. The molecule has 0 aromatic rings. The number of nitrogens with two attached hydrogens (primary N) is 1. The summed E-state index contributed by atoms with van der Waals surface area (Å²) in [5.74, 6) is -1.07. The molecular formula is C6H12NNa2O7PS. The first-order valence-corrected chi connectivity index (χ1v) is 6.74. The van der Waals surface area contributed by atoms with Crippen LogP contribution in [0, 0.1) is 0 Å². The van der Waals surface area contributed by atoms with Gasteiger partial charge < -0.3 is 34.8 Å². The minimum absolute atomic E-state index is 0. The van der Waals surface area contributed by atoms with E-state index in [1.165, 1.54) is 0 Å². The smallest absolute Gasteiger partial charge is 0.790 e. The van der Waals surface area contributed by atoms with Crippen molar-refractivity contribution in [2.45, 2.75) is 12.1 Å². The Morgan fingerprint density at radius 1 is 1.39 bits per heavy atom. The first-order chi connectivity index (χ1) is 7.22. The van der Waals surface area contributed by atoms with Crippen molar-refractivity contribution in [2.75, 3.05) is 18.1 Å². The van der Waals surface area contributed by atoms with Gasteiger partial charge in [0, 0.05) is 11.5 Å². The van der Waals surface area contributed by atoms with Crippen molar-refractivity contribution in [3.8, 4) is 0 Å². The van der Waals surface area contributed by atoms with Crippen LogP contribution in [0.4, 0.5) is 0 Å². The van der Waals surface area contributed by atoms with Crippen LogP contribution in [0.5, 0.6) is 0 Å². The Morgan fingerprint density at radius 2 is 1.89 bits per heavy atom. The van der Waals surface area contributed by atoms with Crippen LogP contribution in [0.2, 0.25) is 0 Å². The molecule has 2 unspecified atom stereocenters. The van der Waals surface area contributed by atoms with Crippen molar-refractivity contribution in [2.24, 2.45) is 5.73 Å². The molecule has 0 aliphatic heterocycles. The van der Waals surface area contributed by atoms with Crippen LogP contribution in [0.15, 0.2) is 0 Å². The van der Waals surface area contributed by atoms with Gasteiger partial charge in [-0.15, -0.1) is 0 Å². The third-order valence-corrected chi connectivity index (χ3v) is 3.03. The number of carbonyl (C=O) groups is 1. The zero-order chi connectivity index (χ0) is 12.8. The number of aliphatic hydroxyl groups is 1. The van der Waals surface area contributed by atoms with Gasteiger partial charge in [0.2, 0.25) is 0 Å². The van der Waals surface area contributed by atoms with Crippen molar-refractivity contribution in [1.29, 1.82) is 0 Å². The summed E-state index contributed by atoms with van der Waals surface area (Å²) in [6.45, 7) is -0.639. The van der Waals surface area contributed by atoms with Crippen LogP contribution in [-0.4, -0.2) is 46.4 Å². The van der Waals surface area contributed by atoms with Gasteiger partial charge in [0.05, 0.1) is 20.5 Å². The number of hydrogen-bond donors (Lipinski definition) is 3. The molecule has 8 nitrogen and oxygen atoms in total. The molecule has 96 valence electrons. The van der Waals surface area contributed by atoms with Crippen LogP contribution >= 0.6 is 19.6 Å². The van der Waals surface area contributed by atoms with Crippen LogP contribution in [0.1, 0.15) is 0 Å². The molecule has 0 saturated heterocycles. The van der Waals surface area contributed by atoms with Gasteiger partial charge in [0.1, 0.15) is 6.04 Å². The molecule has 18 heavy (non-hydrogen) atoms. The zero-order valence-electron chi connectivity index (χ0n) is 10.1. The van der Waals surface area contributed by atoms with Gasteiger partial charge in [-0.1, -0.05) is 0 Å². The second-order valence-electron chi connectivity index (χ2n) is 2.88. The number of hydrogen-bond acceptors (Lipinski definition) is 8. The molecule has 0 aliphatic rings. The van der Waals surface area contributed by atoms with E-state index in [9.17, 15) is 19.1 Å². The summed E-state index contributed by atoms with van der Waals surface area (Å²) in [6, 6.07) is -1.05. The van der Waals surface area contributed by atoms with Crippen molar-refractivity contribution >= 4 is 25.6 Å². The number of aliphatic hydroxyl groups excluding tert-OH is 1. The van der Waals surface area contributed by atoms with E-state index in [1.807, 2.05) is 0 Å². The Balaban J connectivity index is -0.00000112. The molecule has 0 rings (SSSR count). The third kappa shape index (κ3) is 15.9. The quantitative estimate of drug-likeness (QED) is 0.292. The summed E-state index contributed by atoms with van der Waals surface area (Å²) in [7, 11) is -5.07. The average molecular weight is 319 g/mol. The summed E-state index contributed by atoms with van der Waals surface area (Å²) < 4.78 is 13.9. The maximum atomic E-state index is 10.3. The van der Waals surface area contributed by atoms with Crippen molar-refractivity contribution in [1.82, 2.24) is 0 Å². The molecule has 0 spiro atoms. The van der Waals surface area contributed by atoms with Gasteiger partial charge >= 0.3 is 65.1 Å². The number of phosphoric acid groups is 1. The zero-order valence-corrected chi connectivity index (χ0v) is 15.9. The molecular weight excluding hydrogens is 307 g/mol. The molecule has 2 atom stereocenters. The van der Waals surface area contributed by atoms with E-state index < -0.39 is 32.5 Å². The maximum absolute atomic E-state index is 10.3. The largest absolute Gasteiger partial charge is 1.00 e. The number of carboxylic acid groups (broad SMARTS) is 1. The van der Waals surface area contributed by atoms with Gasteiger partial charge in [0.15, 0.2) is 0 Å². The van der Waals surface area contributed by atoms with Crippen molar-refractivity contribution in [3.05, 3.63) is 0 Å². The maximum Gasteiger partial charge on any atom is 1.00 e. The standard InChI is InChI=1S/C6H14NO7PS.2Na/c7-5(6(9)10)3-16-2-4(8)1-14-15(11,12)13;;/h4-5,8H,1-3,7H2,(H,9,10)(H2,11,12,13);;/q;2*+1/p-2. The van der Waals surface area contributed by atoms with E-state index in [4.69, 9.17) is 15.9 Å². The predicted octanol–water partition coefficient (Wildman–Crippen LogP) is -8.65. The Bertz CT molecular complexity index is 279. The van der Waals surface area contributed by atoms with Crippen LogP contribution in [0.3, 0.4) is 0 Å². The van der Waals surface area contributed by atoms with Crippen LogP contribution in [0.25, 0.3) is 0 Å². The Hall–Kier alpha value is 1.85. The monoisotopic (exact) mass is 319 g/mol. The molecule has 0 radical (unpaired) electrons. The summed E-state index contributed by atoms with van der Waals surface area (Å²) in [5.41, 5.74) is 5.17. The second kappa shape index (κ2) is 12.6. The van der Waals surface area contributed by atoms with Crippen molar-refractivity contribution < 1.29 is 93.0 Å². The van der Waals surface area contributed by atoms with Gasteiger partial charge in [-0.25, -0.2) is 0 Å². The van der Waals surface area contributed by atoms with E-state index in [1.54, 1.807) is 0 Å². The molecule has 0 heterocycles. The molecule has 0 aromatic heterocycles. The van der Waals surface area contributed by atoms with Crippen LogP contribution in [-0.2, 0) is 13.9 Å². The van der Waals surface area contributed by atoms with Crippen LogP contribution < -0.4 is 74.6 Å². The predicted molar refractivity (Wildman–Crippen MR) is 52.5 cm³/mol. The van der Waals surface area contributed by atoms with Gasteiger partial charge in [0.25, 0.3) is 0 Å². The Labute approximate surface area is 153 Å². The number of aliphatic carboxylic acids is 1. The fraction of sp³-hybridized carbons (Fsp3) is 0.833. The second-order valence-corrected chi connectivity index (χ2v) is 5.11.